The summed E-state index contributed by atoms with van der Waals surface area (Å²) in [5, 5.41) is 16.4. The molecule has 2 aliphatic rings. The Hall–Kier alpha value is -3.55. The summed E-state index contributed by atoms with van der Waals surface area (Å²) in [6, 6.07) is 5.84. The predicted octanol–water partition coefficient (Wildman–Crippen LogP) is 4.71. The third-order valence-corrected chi connectivity index (χ3v) is 10.1. The van der Waals surface area contributed by atoms with Crippen molar-refractivity contribution >= 4 is 35.2 Å². The Bertz CT molecular complexity index is 1470. The molecule has 2 saturated heterocycles. The summed E-state index contributed by atoms with van der Waals surface area (Å²) in [5.41, 5.74) is 3.66. The van der Waals surface area contributed by atoms with E-state index in [-0.39, 0.29) is 43.5 Å². The number of piperidine rings is 1. The lowest BCUT2D eigenvalue weighted by Crippen LogP contribution is -2.58. The second kappa shape index (κ2) is 16.6. The smallest absolute Gasteiger partial charge is 0.410 e. The van der Waals surface area contributed by atoms with E-state index in [0.29, 0.717) is 19.7 Å². The summed E-state index contributed by atoms with van der Waals surface area (Å²) in [4.78, 5) is 61.6. The van der Waals surface area contributed by atoms with Crippen molar-refractivity contribution < 1.29 is 33.8 Å². The average Bonchev–Trinajstić information content (AvgIpc) is 3.69. The molecule has 4 amide bonds. The maximum atomic E-state index is 14.0. The number of thiazole rings is 1. The molecule has 2 aromatic rings. The number of carbonyl (C=O) groups is 4. The van der Waals surface area contributed by atoms with Crippen LogP contribution in [0.3, 0.4) is 0 Å². The van der Waals surface area contributed by atoms with Crippen LogP contribution in [0, 0.1) is 11.3 Å². The molecule has 0 saturated carbocycles. The molecule has 50 heavy (non-hydrogen) atoms. The Morgan fingerprint density at radius 1 is 1.04 bits per heavy atom. The summed E-state index contributed by atoms with van der Waals surface area (Å²) in [6.07, 6.45) is 1.25. The zero-order valence-electron chi connectivity index (χ0n) is 30.8. The van der Waals surface area contributed by atoms with E-state index in [1.165, 1.54) is 4.90 Å². The molecule has 13 heteroatoms. The van der Waals surface area contributed by atoms with E-state index in [1.807, 2.05) is 78.2 Å². The van der Waals surface area contributed by atoms with Crippen molar-refractivity contribution in [3.63, 3.8) is 0 Å². The van der Waals surface area contributed by atoms with Crippen molar-refractivity contribution in [1.29, 1.82) is 0 Å². The number of nitrogens with zero attached hydrogens (tertiary/aromatic N) is 3. The summed E-state index contributed by atoms with van der Waals surface area (Å²) in [5.74, 6) is -1.03. The first-order valence-electron chi connectivity index (χ1n) is 17.6. The second-order valence-corrected chi connectivity index (χ2v) is 16.4. The van der Waals surface area contributed by atoms with Crippen LogP contribution in [0.15, 0.2) is 29.8 Å². The molecular formula is C37H55N5O7S. The van der Waals surface area contributed by atoms with Gasteiger partial charge in [0.2, 0.25) is 17.7 Å². The lowest BCUT2D eigenvalue weighted by atomic mass is 9.85. The second-order valence-electron chi connectivity index (χ2n) is 15.5. The van der Waals surface area contributed by atoms with Crippen molar-refractivity contribution in [3.8, 4) is 10.4 Å². The van der Waals surface area contributed by atoms with Gasteiger partial charge < -0.3 is 35.0 Å². The van der Waals surface area contributed by atoms with Crippen molar-refractivity contribution in [2.75, 3.05) is 32.8 Å². The number of hydrogen-bond acceptors (Lipinski definition) is 9. The van der Waals surface area contributed by atoms with Crippen LogP contribution in [0.2, 0.25) is 0 Å². The van der Waals surface area contributed by atoms with Gasteiger partial charge in [0.15, 0.2) is 0 Å². The molecule has 0 bridgehead atoms. The van der Waals surface area contributed by atoms with E-state index in [2.05, 4.69) is 22.5 Å². The van der Waals surface area contributed by atoms with Gasteiger partial charge in [-0.2, -0.15) is 0 Å². The molecular weight excluding hydrogens is 659 g/mol. The Labute approximate surface area is 300 Å². The minimum atomic E-state index is -0.944. The highest BCUT2D eigenvalue weighted by atomic mass is 32.1. The third-order valence-electron chi connectivity index (χ3n) is 9.14. The molecule has 2 aliphatic heterocycles. The monoisotopic (exact) mass is 713 g/mol. The summed E-state index contributed by atoms with van der Waals surface area (Å²) >= 11 is 1.60. The van der Waals surface area contributed by atoms with E-state index in [9.17, 15) is 24.3 Å². The predicted molar refractivity (Wildman–Crippen MR) is 192 cm³/mol. The lowest BCUT2D eigenvalue weighted by molar-refractivity contribution is -0.144. The standard InChI is InChI=1S/C37H55N5O7S/c1-9-28-31(50-22-38-28)26-12-10-25(11-13-26)23(2)39-33(45)29-18-27(43)19-42(29)34(46)32(36(3,4)5)40-30(44)21-48-20-24-14-16-41(17-15-24)35(47)49-37(6,7)8/h10-13,22-24,27,29,32,43H,9,14-21H2,1-8H3,(H,39,45)(H,40,44)/t23-,27+,29-,32+/m0/s1. The van der Waals surface area contributed by atoms with Crippen molar-refractivity contribution in [1.82, 2.24) is 25.4 Å². The van der Waals surface area contributed by atoms with Gasteiger partial charge in [0.25, 0.3) is 0 Å². The van der Waals surface area contributed by atoms with Gasteiger partial charge in [-0.1, -0.05) is 52.0 Å². The molecule has 12 nitrogen and oxygen atoms in total. The van der Waals surface area contributed by atoms with E-state index < -0.39 is 41.0 Å². The number of ether oxygens (including phenoxy) is 2. The molecule has 0 aliphatic carbocycles. The van der Waals surface area contributed by atoms with Gasteiger partial charge in [-0.25, -0.2) is 9.78 Å². The number of rotatable bonds is 11. The molecule has 0 unspecified atom stereocenters. The number of aromatic nitrogens is 1. The first kappa shape index (κ1) is 39.2. The van der Waals surface area contributed by atoms with Crippen molar-refractivity contribution in [3.05, 3.63) is 41.0 Å². The highest BCUT2D eigenvalue weighted by molar-refractivity contribution is 7.13. The van der Waals surface area contributed by atoms with Crippen LogP contribution >= 0.6 is 11.3 Å². The molecule has 2 fully saturated rings. The Morgan fingerprint density at radius 2 is 1.70 bits per heavy atom. The largest absolute Gasteiger partial charge is 0.444 e. The number of amides is 4. The maximum Gasteiger partial charge on any atom is 0.410 e. The fourth-order valence-electron chi connectivity index (χ4n) is 6.32. The Kier molecular flexibility index (Phi) is 13.1. The summed E-state index contributed by atoms with van der Waals surface area (Å²) in [6.45, 7) is 16.3. The van der Waals surface area contributed by atoms with E-state index in [0.717, 1.165) is 41.0 Å². The molecule has 1 aromatic carbocycles. The van der Waals surface area contributed by atoms with Gasteiger partial charge in [0.1, 0.15) is 24.3 Å². The normalized spacial score (nSPS) is 19.9. The molecule has 4 rings (SSSR count). The molecule has 3 heterocycles. The van der Waals surface area contributed by atoms with Gasteiger partial charge in [-0.3, -0.25) is 14.4 Å². The molecule has 3 N–H and O–H groups in total. The Balaban J connectivity index is 1.30. The molecule has 0 spiro atoms. The van der Waals surface area contributed by atoms with E-state index >= 15 is 0 Å². The van der Waals surface area contributed by atoms with Crippen LogP contribution in [-0.2, 0) is 30.3 Å². The van der Waals surface area contributed by atoms with E-state index in [1.54, 1.807) is 16.2 Å². The quantitative estimate of drug-likeness (QED) is 0.303. The highest BCUT2D eigenvalue weighted by Crippen LogP contribution is 2.30. The van der Waals surface area contributed by atoms with Crippen LogP contribution in [0.5, 0.6) is 0 Å². The number of benzene rings is 1. The number of likely N-dealkylation sites (tertiary alicyclic amines) is 2. The minimum Gasteiger partial charge on any atom is -0.444 e. The minimum absolute atomic E-state index is 0.00441. The number of hydrogen-bond donors (Lipinski definition) is 3. The molecule has 0 radical (unpaired) electrons. The average molecular weight is 714 g/mol. The van der Waals surface area contributed by atoms with Crippen LogP contribution in [0.25, 0.3) is 10.4 Å². The number of nitrogens with one attached hydrogen (secondary N) is 2. The van der Waals surface area contributed by atoms with Gasteiger partial charge in [0, 0.05) is 26.1 Å². The van der Waals surface area contributed by atoms with Crippen LogP contribution < -0.4 is 10.6 Å². The lowest BCUT2D eigenvalue weighted by Gasteiger charge is -2.35. The fourth-order valence-corrected chi connectivity index (χ4v) is 7.21. The summed E-state index contributed by atoms with van der Waals surface area (Å²) in [7, 11) is 0. The van der Waals surface area contributed by atoms with Gasteiger partial charge in [-0.15, -0.1) is 11.3 Å². The number of aliphatic hydroxyl groups is 1. The zero-order valence-corrected chi connectivity index (χ0v) is 31.6. The third kappa shape index (κ3) is 10.5. The number of aryl methyl sites for hydroxylation is 1. The fraction of sp³-hybridized carbons (Fsp3) is 0.649. The highest BCUT2D eigenvalue weighted by Gasteiger charge is 2.44. The first-order valence-corrected chi connectivity index (χ1v) is 18.5. The molecule has 4 atom stereocenters. The number of carbonyl (C=O) groups excluding carboxylic acids is 4. The summed E-state index contributed by atoms with van der Waals surface area (Å²) < 4.78 is 11.2. The number of aliphatic hydroxyl groups excluding tert-OH is 1. The zero-order chi connectivity index (χ0) is 36.8. The van der Waals surface area contributed by atoms with Gasteiger partial charge in [-0.05, 0) is 69.4 Å². The van der Waals surface area contributed by atoms with Gasteiger partial charge >= 0.3 is 6.09 Å². The first-order chi connectivity index (χ1) is 23.5. The molecule has 1 aromatic heterocycles. The van der Waals surface area contributed by atoms with Crippen molar-refractivity contribution in [2.24, 2.45) is 11.3 Å². The topological polar surface area (TPSA) is 150 Å². The van der Waals surface area contributed by atoms with Crippen LogP contribution in [-0.4, -0.2) is 100 Å². The SMILES string of the molecule is CCc1ncsc1-c1ccc([C@H](C)NC(=O)[C@@H]2C[C@@H](O)CN2C(=O)[C@@H](NC(=O)COCC2CCN(C(=O)OC(C)(C)C)CC2)C(C)(C)C)cc1. The number of β-amino-alcohol motifs (C(OH)–C–C–N with tert-alkyl or cyclic N) is 1. The van der Waals surface area contributed by atoms with Gasteiger partial charge in [0.05, 0.1) is 34.8 Å². The van der Waals surface area contributed by atoms with Crippen molar-refractivity contribution in [2.45, 2.75) is 111 Å². The Morgan fingerprint density at radius 3 is 2.30 bits per heavy atom. The van der Waals surface area contributed by atoms with Crippen LogP contribution in [0.1, 0.15) is 92.0 Å². The maximum absolute atomic E-state index is 14.0. The van der Waals surface area contributed by atoms with Crippen LogP contribution in [0.4, 0.5) is 4.79 Å². The van der Waals surface area contributed by atoms with E-state index in [4.69, 9.17) is 9.47 Å². The molecule has 276 valence electrons.